The van der Waals surface area contributed by atoms with E-state index >= 15 is 0 Å². The zero-order valence-corrected chi connectivity index (χ0v) is 12.9. The van der Waals surface area contributed by atoms with Crippen LogP contribution in [0.5, 0.6) is 0 Å². The van der Waals surface area contributed by atoms with Gasteiger partial charge in [-0.1, -0.05) is 6.57 Å². The zero-order valence-electron chi connectivity index (χ0n) is 11.3. The lowest BCUT2D eigenvalue weighted by molar-refractivity contribution is -0.155. The Balaban J connectivity index is 2.36. The maximum absolute atomic E-state index is 11.8. The van der Waals surface area contributed by atoms with Crippen molar-refractivity contribution >= 4 is 38.6 Å². The molecule has 6 nitrogen and oxygen atoms in total. The number of nitrogens with zero attached hydrogens (tertiary/aromatic N) is 4. The number of hydrogen-bond acceptors (Lipinski definition) is 4. The van der Waals surface area contributed by atoms with E-state index in [1.54, 1.807) is 33.0 Å². The van der Waals surface area contributed by atoms with Gasteiger partial charge in [-0.15, -0.1) is 0 Å². The Labute approximate surface area is 124 Å². The monoisotopic (exact) mass is 336 g/mol. The van der Waals surface area contributed by atoms with Gasteiger partial charge in [-0.2, -0.15) is 4.68 Å². The van der Waals surface area contributed by atoms with Gasteiger partial charge in [-0.05, 0) is 47.9 Å². The first-order chi connectivity index (χ1) is 9.30. The largest absolute Gasteiger partial charge is 0.459 e. The van der Waals surface area contributed by atoms with E-state index in [-0.39, 0.29) is 12.4 Å². The first-order valence-corrected chi connectivity index (χ1v) is 6.71. The van der Waals surface area contributed by atoms with Crippen LogP contribution in [0, 0.1) is 6.57 Å². The highest BCUT2D eigenvalue weighted by molar-refractivity contribution is 9.10. The number of hydrogen-bond donors (Lipinski definition) is 0. The Morgan fingerprint density at radius 1 is 1.55 bits per heavy atom. The zero-order chi connectivity index (χ0) is 14.9. The third-order valence-corrected chi connectivity index (χ3v) is 2.82. The van der Waals surface area contributed by atoms with Crippen LogP contribution < -0.4 is 0 Å². The lowest BCUT2D eigenvalue weighted by atomic mass is 10.2. The number of carbonyl (C=O) groups excluding carboxylic acids is 1. The van der Waals surface area contributed by atoms with Crippen molar-refractivity contribution < 1.29 is 9.53 Å². The lowest BCUT2D eigenvalue weighted by Gasteiger charge is -2.19. The molecule has 0 N–H and O–H groups in total. The normalized spacial score (nSPS) is 11.3. The molecule has 0 radical (unpaired) electrons. The van der Waals surface area contributed by atoms with Crippen LogP contribution in [0.25, 0.3) is 15.7 Å². The van der Waals surface area contributed by atoms with Crippen molar-refractivity contribution in [1.82, 2.24) is 14.8 Å². The summed E-state index contributed by atoms with van der Waals surface area (Å²) < 4.78 is 7.31. The van der Waals surface area contributed by atoms with Gasteiger partial charge < -0.3 is 9.58 Å². The first-order valence-electron chi connectivity index (χ1n) is 5.91. The van der Waals surface area contributed by atoms with E-state index in [9.17, 15) is 4.79 Å². The Hall–Kier alpha value is -1.94. The third kappa shape index (κ3) is 3.14. The minimum absolute atomic E-state index is 0.0490. The fourth-order valence-electron chi connectivity index (χ4n) is 1.73. The van der Waals surface area contributed by atoms with E-state index in [4.69, 9.17) is 11.3 Å². The van der Waals surface area contributed by atoms with Gasteiger partial charge in [0.2, 0.25) is 0 Å². The molecule has 0 amide bonds. The quantitative estimate of drug-likeness (QED) is 0.480. The van der Waals surface area contributed by atoms with Gasteiger partial charge in [0.1, 0.15) is 10.2 Å². The van der Waals surface area contributed by atoms with Crippen LogP contribution in [-0.2, 0) is 16.1 Å². The summed E-state index contributed by atoms with van der Waals surface area (Å²) in [5, 5.41) is 4.78. The molecule has 2 rings (SSSR count). The summed E-state index contributed by atoms with van der Waals surface area (Å²) in [6, 6.07) is 1.71. The second-order valence-corrected chi connectivity index (χ2v) is 6.02. The predicted molar refractivity (Wildman–Crippen MR) is 77.3 cm³/mol. The van der Waals surface area contributed by atoms with E-state index in [2.05, 4.69) is 30.9 Å². The van der Waals surface area contributed by atoms with Crippen LogP contribution in [0.3, 0.4) is 0 Å². The average molecular weight is 337 g/mol. The van der Waals surface area contributed by atoms with Crippen LogP contribution >= 0.6 is 15.9 Å². The molecule has 20 heavy (non-hydrogen) atoms. The highest BCUT2D eigenvalue weighted by atomic mass is 79.9. The fraction of sp³-hybridized carbons (Fsp3) is 0.385. The number of rotatable bonds is 2. The maximum atomic E-state index is 11.8. The maximum Gasteiger partial charge on any atom is 0.330 e. The van der Waals surface area contributed by atoms with Gasteiger partial charge in [0.15, 0.2) is 6.54 Å². The number of fused-ring (bicyclic) bond motifs is 1. The summed E-state index contributed by atoms with van der Waals surface area (Å²) in [7, 11) is 0. The van der Waals surface area contributed by atoms with Crippen molar-refractivity contribution in [2.75, 3.05) is 0 Å². The minimum atomic E-state index is -0.552. The molecule has 0 aliphatic carbocycles. The summed E-state index contributed by atoms with van der Waals surface area (Å²) >= 11 is 3.25. The Bertz CT molecular complexity index is 709. The molecule has 104 valence electrons. The third-order valence-electron chi connectivity index (χ3n) is 2.39. The average Bonchev–Trinajstić information content (AvgIpc) is 2.64. The van der Waals surface area contributed by atoms with Crippen molar-refractivity contribution in [2.45, 2.75) is 32.9 Å². The molecule has 0 saturated carbocycles. The topological polar surface area (TPSA) is 61.4 Å². The Morgan fingerprint density at radius 2 is 2.25 bits per heavy atom. The molecule has 7 heteroatoms. The van der Waals surface area contributed by atoms with E-state index in [0.717, 1.165) is 0 Å². The second kappa shape index (κ2) is 5.21. The molecule has 2 aromatic rings. The number of carbonyl (C=O) groups is 1. The summed E-state index contributed by atoms with van der Waals surface area (Å²) in [4.78, 5) is 19.3. The highest BCUT2D eigenvalue weighted by Crippen LogP contribution is 2.27. The van der Waals surface area contributed by atoms with Gasteiger partial charge in [-0.3, -0.25) is 0 Å². The summed E-state index contributed by atoms with van der Waals surface area (Å²) in [6.07, 6.45) is 1.57. The van der Waals surface area contributed by atoms with E-state index in [1.807, 2.05) is 0 Å². The lowest BCUT2D eigenvalue weighted by Crippen LogP contribution is -2.26. The van der Waals surface area contributed by atoms with Crippen molar-refractivity contribution in [3.05, 3.63) is 28.3 Å². The van der Waals surface area contributed by atoms with Crippen LogP contribution in [0.15, 0.2) is 16.9 Å². The van der Waals surface area contributed by atoms with Crippen molar-refractivity contribution in [3.63, 3.8) is 0 Å². The number of halogens is 1. The molecule has 0 aliphatic heterocycles. The second-order valence-electron chi connectivity index (χ2n) is 5.20. The van der Waals surface area contributed by atoms with Crippen molar-refractivity contribution in [3.8, 4) is 0 Å². The van der Waals surface area contributed by atoms with Crippen molar-refractivity contribution in [2.24, 2.45) is 0 Å². The van der Waals surface area contributed by atoms with Gasteiger partial charge in [0, 0.05) is 5.39 Å². The van der Waals surface area contributed by atoms with Gasteiger partial charge in [-0.25, -0.2) is 9.78 Å². The van der Waals surface area contributed by atoms with Crippen LogP contribution in [0.4, 0.5) is 5.82 Å². The molecule has 2 heterocycles. The molecule has 0 unspecified atom stereocenters. The van der Waals surface area contributed by atoms with Gasteiger partial charge in [0.25, 0.3) is 0 Å². The smallest absolute Gasteiger partial charge is 0.330 e. The van der Waals surface area contributed by atoms with Crippen LogP contribution in [0.1, 0.15) is 20.8 Å². The predicted octanol–water partition coefficient (Wildman–Crippen LogP) is 3.09. The van der Waals surface area contributed by atoms with E-state index < -0.39 is 11.6 Å². The van der Waals surface area contributed by atoms with Gasteiger partial charge in [0.05, 0.1) is 11.7 Å². The molecule has 0 aromatic carbocycles. The van der Waals surface area contributed by atoms with E-state index in [1.165, 1.54) is 4.68 Å². The summed E-state index contributed by atoms with van der Waals surface area (Å²) in [6.45, 7) is 12.5. The molecule has 0 spiro atoms. The highest BCUT2D eigenvalue weighted by Gasteiger charge is 2.20. The van der Waals surface area contributed by atoms with E-state index in [0.29, 0.717) is 15.5 Å². The summed E-state index contributed by atoms with van der Waals surface area (Å²) in [5.41, 5.74) is 0.0780. The SMILES string of the molecule is [C-]#[N+]c1nn(CC(=O)OC(C)(C)C)c2cnc(Br)cc12. The number of esters is 1. The molecule has 0 bridgehead atoms. The van der Waals surface area contributed by atoms with Crippen LogP contribution in [-0.4, -0.2) is 26.3 Å². The molecule has 0 saturated heterocycles. The summed E-state index contributed by atoms with van der Waals surface area (Å²) in [5.74, 6) is -0.159. The molecular formula is C13H13BrN4O2. The molecule has 0 fully saturated rings. The standard InChI is InChI=1S/C13H13BrN4O2/c1-13(2,3)20-11(19)7-18-9-6-16-10(14)5-8(9)12(15-4)17-18/h5-6H,7H2,1-3H3. The Morgan fingerprint density at radius 3 is 2.85 bits per heavy atom. The Kier molecular flexibility index (Phi) is 3.77. The molecule has 2 aromatic heterocycles. The number of ether oxygens (including phenoxy) is 1. The molecule has 0 aliphatic rings. The molecule has 0 atom stereocenters. The molecular weight excluding hydrogens is 324 g/mol. The van der Waals surface area contributed by atoms with Crippen LogP contribution in [0.2, 0.25) is 0 Å². The number of pyridine rings is 1. The van der Waals surface area contributed by atoms with Gasteiger partial charge >= 0.3 is 11.8 Å². The fourth-order valence-corrected chi connectivity index (χ4v) is 2.06. The first kappa shape index (κ1) is 14.5. The minimum Gasteiger partial charge on any atom is -0.459 e. The van der Waals surface area contributed by atoms with Crippen molar-refractivity contribution in [1.29, 1.82) is 0 Å². The number of aromatic nitrogens is 3.